The second-order valence-electron chi connectivity index (χ2n) is 6.17. The summed E-state index contributed by atoms with van der Waals surface area (Å²) in [6.45, 7) is 4.13. The van der Waals surface area contributed by atoms with Gasteiger partial charge in [-0.25, -0.2) is 9.97 Å². The molecule has 0 N–H and O–H groups in total. The van der Waals surface area contributed by atoms with E-state index in [2.05, 4.69) is 20.9 Å². The first-order valence-corrected chi connectivity index (χ1v) is 9.82. The fourth-order valence-corrected chi connectivity index (χ4v) is 4.85. The highest BCUT2D eigenvalue weighted by molar-refractivity contribution is 7.86. The third kappa shape index (κ3) is 3.32. The van der Waals surface area contributed by atoms with Crippen molar-refractivity contribution in [2.45, 2.75) is 0 Å². The maximum Gasteiger partial charge on any atom is 0.282 e. The number of morpholine rings is 1. The Kier molecular flexibility index (Phi) is 4.55. The number of hydrogen-bond donors (Lipinski definition) is 0. The summed E-state index contributed by atoms with van der Waals surface area (Å²) in [7, 11) is -3.39. The van der Waals surface area contributed by atoms with Gasteiger partial charge in [-0.15, -0.1) is 0 Å². The molecule has 0 bridgehead atoms. The minimum absolute atomic E-state index is 0.438. The predicted molar refractivity (Wildman–Crippen MR) is 94.6 cm³/mol. The first-order chi connectivity index (χ1) is 12.1. The van der Waals surface area contributed by atoms with E-state index >= 15 is 0 Å². The molecule has 2 aliphatic rings. The molecule has 1 aromatic carbocycles. The van der Waals surface area contributed by atoms with Gasteiger partial charge in [-0.05, 0) is 18.2 Å². The van der Waals surface area contributed by atoms with Gasteiger partial charge in [0, 0.05) is 56.5 Å². The summed E-state index contributed by atoms with van der Waals surface area (Å²) < 4.78 is 33.8. The first-order valence-electron chi connectivity index (χ1n) is 8.42. The van der Waals surface area contributed by atoms with E-state index in [1.807, 2.05) is 12.1 Å². The minimum Gasteiger partial charge on any atom is -0.379 e. The fourth-order valence-electron chi connectivity index (χ4n) is 3.29. The second kappa shape index (κ2) is 6.83. The molecule has 2 aliphatic heterocycles. The Morgan fingerprint density at radius 3 is 2.44 bits per heavy atom. The zero-order valence-corrected chi connectivity index (χ0v) is 14.7. The number of anilines is 1. The summed E-state index contributed by atoms with van der Waals surface area (Å²) >= 11 is 0. The van der Waals surface area contributed by atoms with Crippen LogP contribution in [0.4, 0.5) is 5.69 Å². The zero-order valence-electron chi connectivity index (χ0n) is 13.9. The molecule has 0 spiro atoms. The Balaban J connectivity index is 1.45. The number of ether oxygens (including phenoxy) is 1. The SMILES string of the molecule is O=S(=O)(N1CCOCC1)N1CCN(c2ccc3ncncc3c2)CC1. The number of hydrogen-bond acceptors (Lipinski definition) is 6. The van der Waals surface area contributed by atoms with Crippen LogP contribution >= 0.6 is 0 Å². The van der Waals surface area contributed by atoms with Crippen LogP contribution in [0.2, 0.25) is 0 Å². The van der Waals surface area contributed by atoms with Crippen LogP contribution < -0.4 is 4.90 Å². The van der Waals surface area contributed by atoms with E-state index in [0.717, 1.165) is 16.6 Å². The monoisotopic (exact) mass is 363 g/mol. The average Bonchev–Trinajstić information content (AvgIpc) is 2.68. The highest BCUT2D eigenvalue weighted by Crippen LogP contribution is 2.23. The molecule has 25 heavy (non-hydrogen) atoms. The van der Waals surface area contributed by atoms with Gasteiger partial charge in [-0.3, -0.25) is 0 Å². The van der Waals surface area contributed by atoms with Crippen molar-refractivity contribution in [1.29, 1.82) is 0 Å². The lowest BCUT2D eigenvalue weighted by Crippen LogP contribution is -2.55. The lowest BCUT2D eigenvalue weighted by Gasteiger charge is -2.38. The van der Waals surface area contributed by atoms with Crippen molar-refractivity contribution in [1.82, 2.24) is 18.6 Å². The molecule has 0 unspecified atom stereocenters. The third-order valence-corrected chi connectivity index (χ3v) is 6.75. The second-order valence-corrected chi connectivity index (χ2v) is 8.10. The van der Waals surface area contributed by atoms with Crippen LogP contribution in [-0.2, 0) is 14.9 Å². The van der Waals surface area contributed by atoms with Crippen molar-refractivity contribution in [3.63, 3.8) is 0 Å². The van der Waals surface area contributed by atoms with Crippen LogP contribution in [0, 0.1) is 0 Å². The minimum atomic E-state index is -3.39. The van der Waals surface area contributed by atoms with Gasteiger partial charge >= 0.3 is 0 Å². The molecule has 1 aromatic heterocycles. The maximum atomic E-state index is 12.7. The van der Waals surface area contributed by atoms with E-state index < -0.39 is 10.2 Å². The van der Waals surface area contributed by atoms with E-state index in [1.165, 1.54) is 10.6 Å². The first kappa shape index (κ1) is 16.6. The Hall–Kier alpha value is -1.81. The van der Waals surface area contributed by atoms with E-state index in [-0.39, 0.29) is 0 Å². The van der Waals surface area contributed by atoms with Crippen LogP contribution in [0.1, 0.15) is 0 Å². The molecule has 3 heterocycles. The van der Waals surface area contributed by atoms with Gasteiger partial charge in [-0.2, -0.15) is 17.0 Å². The quantitative estimate of drug-likeness (QED) is 0.782. The van der Waals surface area contributed by atoms with Crippen LogP contribution in [-0.4, -0.2) is 79.5 Å². The van der Waals surface area contributed by atoms with E-state index in [1.54, 1.807) is 10.5 Å². The number of benzene rings is 1. The number of rotatable bonds is 3. The normalized spacial score (nSPS) is 20.9. The van der Waals surface area contributed by atoms with Gasteiger partial charge in [0.15, 0.2) is 0 Å². The van der Waals surface area contributed by atoms with Crippen molar-refractivity contribution >= 4 is 26.8 Å². The third-order valence-electron chi connectivity index (χ3n) is 4.71. The van der Waals surface area contributed by atoms with E-state index in [4.69, 9.17) is 4.74 Å². The molecule has 0 aliphatic carbocycles. The molecule has 9 heteroatoms. The average molecular weight is 363 g/mol. The molecule has 134 valence electrons. The topological polar surface area (TPSA) is 78.9 Å². The van der Waals surface area contributed by atoms with Gasteiger partial charge in [0.25, 0.3) is 10.2 Å². The van der Waals surface area contributed by atoms with Crippen LogP contribution in [0.25, 0.3) is 10.9 Å². The zero-order chi connectivity index (χ0) is 17.3. The Labute approximate surface area is 147 Å². The van der Waals surface area contributed by atoms with Gasteiger partial charge in [0.1, 0.15) is 6.33 Å². The summed E-state index contributed by atoms with van der Waals surface area (Å²) in [5.74, 6) is 0. The van der Waals surface area contributed by atoms with Gasteiger partial charge in [-0.1, -0.05) is 0 Å². The maximum absolute atomic E-state index is 12.7. The summed E-state index contributed by atoms with van der Waals surface area (Å²) in [6, 6.07) is 6.06. The molecule has 4 rings (SSSR count). The highest BCUT2D eigenvalue weighted by Gasteiger charge is 2.33. The van der Waals surface area contributed by atoms with Gasteiger partial charge < -0.3 is 9.64 Å². The van der Waals surface area contributed by atoms with Crippen LogP contribution in [0.3, 0.4) is 0 Å². The van der Waals surface area contributed by atoms with E-state index in [9.17, 15) is 8.42 Å². The largest absolute Gasteiger partial charge is 0.379 e. The molecule has 0 amide bonds. The predicted octanol–water partition coefficient (Wildman–Crippen LogP) is 0.329. The van der Waals surface area contributed by atoms with Crippen molar-refractivity contribution in [3.8, 4) is 0 Å². The molecule has 2 fully saturated rings. The number of aromatic nitrogens is 2. The van der Waals surface area contributed by atoms with Crippen LogP contribution in [0.15, 0.2) is 30.7 Å². The number of fused-ring (bicyclic) bond motifs is 1. The molecule has 0 radical (unpaired) electrons. The van der Waals surface area contributed by atoms with Crippen LogP contribution in [0.5, 0.6) is 0 Å². The smallest absolute Gasteiger partial charge is 0.282 e. The summed E-state index contributed by atoms with van der Waals surface area (Å²) in [6.07, 6.45) is 3.34. The van der Waals surface area contributed by atoms with Crippen molar-refractivity contribution in [2.75, 3.05) is 57.4 Å². The highest BCUT2D eigenvalue weighted by atomic mass is 32.2. The van der Waals surface area contributed by atoms with Gasteiger partial charge in [0.2, 0.25) is 0 Å². The molecular formula is C16H21N5O3S. The van der Waals surface area contributed by atoms with Gasteiger partial charge in [0.05, 0.1) is 18.7 Å². The lowest BCUT2D eigenvalue weighted by atomic mass is 10.2. The molecule has 0 atom stereocenters. The lowest BCUT2D eigenvalue weighted by molar-refractivity contribution is 0.0700. The Bertz CT molecular complexity index is 846. The summed E-state index contributed by atoms with van der Waals surface area (Å²) in [5.41, 5.74) is 1.98. The van der Waals surface area contributed by atoms with E-state index in [0.29, 0.717) is 52.5 Å². The number of nitrogens with zero attached hydrogens (tertiary/aromatic N) is 5. The Morgan fingerprint density at radius 2 is 1.68 bits per heavy atom. The molecular weight excluding hydrogens is 342 g/mol. The van der Waals surface area contributed by atoms with Crippen molar-refractivity contribution in [2.24, 2.45) is 0 Å². The number of piperazine rings is 1. The fraction of sp³-hybridized carbons (Fsp3) is 0.500. The summed E-state index contributed by atoms with van der Waals surface area (Å²) in [5, 5.41) is 0.989. The molecule has 2 aromatic rings. The summed E-state index contributed by atoms with van der Waals surface area (Å²) in [4.78, 5) is 10.5. The van der Waals surface area contributed by atoms with Crippen molar-refractivity contribution in [3.05, 3.63) is 30.7 Å². The molecule has 8 nitrogen and oxygen atoms in total. The van der Waals surface area contributed by atoms with Crippen molar-refractivity contribution < 1.29 is 13.2 Å². The molecule has 2 saturated heterocycles. The Morgan fingerprint density at radius 1 is 0.960 bits per heavy atom. The molecule has 0 saturated carbocycles. The standard InChI is InChI=1S/C16H21N5O3S/c22-25(23,21-7-9-24-10-8-21)20-5-3-19(4-6-20)15-1-2-16-14(11-15)12-17-13-18-16/h1-2,11-13H,3-10H2.